The minimum atomic E-state index is -1.01. The number of anilines is 2. The molecule has 0 spiro atoms. The van der Waals surface area contributed by atoms with E-state index in [0.717, 1.165) is 0 Å². The summed E-state index contributed by atoms with van der Waals surface area (Å²) in [5.41, 5.74) is 1.22. The number of thiophene rings is 1. The van der Waals surface area contributed by atoms with Crippen LogP contribution in [-0.2, 0) is 9.59 Å². The van der Waals surface area contributed by atoms with Crippen LogP contribution in [0.5, 0.6) is 0 Å². The van der Waals surface area contributed by atoms with E-state index in [2.05, 4.69) is 10.6 Å². The first-order valence-corrected chi connectivity index (χ1v) is 9.93. The molecule has 2 atom stereocenters. The Morgan fingerprint density at radius 1 is 1.03 bits per heavy atom. The number of rotatable bonds is 6. The van der Waals surface area contributed by atoms with Crippen molar-refractivity contribution in [3.63, 3.8) is 0 Å². The van der Waals surface area contributed by atoms with Crippen LogP contribution in [0, 0.1) is 11.8 Å². The zero-order valence-electron chi connectivity index (χ0n) is 15.7. The lowest BCUT2D eigenvalue weighted by molar-refractivity contribution is -0.146. The number of carbonyl (C=O) groups is 4. The summed E-state index contributed by atoms with van der Waals surface area (Å²) in [5.74, 6) is -3.45. The fourth-order valence-electron chi connectivity index (χ4n) is 3.18. The number of ketones is 1. The number of benzene rings is 1. The van der Waals surface area contributed by atoms with Gasteiger partial charge in [-0.05, 0) is 43.3 Å². The molecule has 7 nitrogen and oxygen atoms in total. The lowest BCUT2D eigenvalue weighted by Gasteiger charge is -2.24. The first-order chi connectivity index (χ1) is 13.9. The molecular weight excluding hydrogens is 392 g/mol. The lowest BCUT2D eigenvalue weighted by Crippen LogP contribution is -2.34. The van der Waals surface area contributed by atoms with E-state index in [1.165, 1.54) is 18.3 Å². The van der Waals surface area contributed by atoms with Gasteiger partial charge in [0.2, 0.25) is 5.91 Å². The van der Waals surface area contributed by atoms with Crippen molar-refractivity contribution in [2.45, 2.75) is 19.8 Å². The predicted molar refractivity (Wildman–Crippen MR) is 110 cm³/mol. The number of aliphatic carboxylic acids is 1. The summed E-state index contributed by atoms with van der Waals surface area (Å²) in [4.78, 5) is 48.3. The van der Waals surface area contributed by atoms with Gasteiger partial charge in [0.05, 0.1) is 17.4 Å². The molecule has 1 heterocycles. The Kier molecular flexibility index (Phi) is 6.23. The summed E-state index contributed by atoms with van der Waals surface area (Å²) in [6.45, 7) is 1.44. The second kappa shape index (κ2) is 8.83. The molecule has 2 aromatic rings. The summed E-state index contributed by atoms with van der Waals surface area (Å²) in [6, 6.07) is 8.16. The van der Waals surface area contributed by atoms with Crippen LogP contribution in [0.25, 0.3) is 0 Å². The molecule has 0 bridgehead atoms. The standard InChI is InChI=1S/C21H20N2O5S/c1-12(24)13-5-4-6-14(11-13)22-19(26)17-9-10-29-20(17)23-18(25)15-7-2-3-8-16(15)21(27)28/h2-6,9-11,15-16H,7-8H2,1H3,(H,22,26)(H,23,25)(H,27,28)/t15-,16-/m1/s1. The van der Waals surface area contributed by atoms with E-state index in [0.29, 0.717) is 29.1 Å². The van der Waals surface area contributed by atoms with E-state index in [-0.39, 0.29) is 11.3 Å². The van der Waals surface area contributed by atoms with E-state index >= 15 is 0 Å². The molecule has 29 heavy (non-hydrogen) atoms. The smallest absolute Gasteiger partial charge is 0.307 e. The van der Waals surface area contributed by atoms with Gasteiger partial charge in [-0.15, -0.1) is 11.3 Å². The van der Waals surface area contributed by atoms with Gasteiger partial charge in [-0.3, -0.25) is 19.2 Å². The molecule has 0 saturated carbocycles. The van der Waals surface area contributed by atoms with Crippen molar-refractivity contribution in [2.75, 3.05) is 10.6 Å². The van der Waals surface area contributed by atoms with Crippen LogP contribution in [0.3, 0.4) is 0 Å². The summed E-state index contributed by atoms with van der Waals surface area (Å²) in [7, 11) is 0. The Balaban J connectivity index is 1.73. The highest BCUT2D eigenvalue weighted by atomic mass is 32.1. The molecule has 0 fully saturated rings. The lowest BCUT2D eigenvalue weighted by atomic mass is 9.82. The number of hydrogen-bond acceptors (Lipinski definition) is 5. The van der Waals surface area contributed by atoms with Crippen molar-refractivity contribution in [3.05, 3.63) is 59.0 Å². The molecule has 1 aliphatic carbocycles. The van der Waals surface area contributed by atoms with Gasteiger partial charge in [-0.2, -0.15) is 0 Å². The number of allylic oxidation sites excluding steroid dienone is 2. The number of amides is 2. The maximum atomic E-state index is 12.7. The number of hydrogen-bond donors (Lipinski definition) is 3. The largest absolute Gasteiger partial charge is 0.481 e. The van der Waals surface area contributed by atoms with E-state index in [4.69, 9.17) is 0 Å². The van der Waals surface area contributed by atoms with Gasteiger partial charge >= 0.3 is 5.97 Å². The zero-order chi connectivity index (χ0) is 21.0. The SMILES string of the molecule is CC(=O)c1cccc(NC(=O)c2ccsc2NC(=O)[C@@H]2CC=CC[C@H]2C(=O)O)c1. The molecule has 1 aromatic heterocycles. The fraction of sp³-hybridized carbons (Fsp3) is 0.238. The molecule has 1 aromatic carbocycles. The summed E-state index contributed by atoms with van der Waals surface area (Å²) >= 11 is 1.19. The van der Waals surface area contributed by atoms with Gasteiger partial charge in [-0.25, -0.2) is 0 Å². The van der Waals surface area contributed by atoms with Gasteiger partial charge in [-0.1, -0.05) is 24.3 Å². The number of carboxylic acid groups (broad SMARTS) is 1. The third-order valence-electron chi connectivity index (χ3n) is 4.76. The minimum absolute atomic E-state index is 0.112. The first kappa shape index (κ1) is 20.5. The number of Topliss-reactive ketones (excluding diaryl/α,β-unsaturated/α-hetero) is 1. The van der Waals surface area contributed by atoms with Crippen molar-refractivity contribution in [3.8, 4) is 0 Å². The van der Waals surface area contributed by atoms with E-state index in [1.807, 2.05) is 0 Å². The van der Waals surface area contributed by atoms with E-state index in [9.17, 15) is 24.3 Å². The highest BCUT2D eigenvalue weighted by Gasteiger charge is 2.34. The van der Waals surface area contributed by atoms with E-state index < -0.39 is 29.6 Å². The monoisotopic (exact) mass is 412 g/mol. The second-order valence-electron chi connectivity index (χ2n) is 6.74. The van der Waals surface area contributed by atoms with Gasteiger partial charge in [0.25, 0.3) is 5.91 Å². The molecule has 150 valence electrons. The molecule has 1 aliphatic rings. The van der Waals surface area contributed by atoms with Gasteiger partial charge in [0, 0.05) is 11.3 Å². The first-order valence-electron chi connectivity index (χ1n) is 9.05. The second-order valence-corrected chi connectivity index (χ2v) is 7.65. The zero-order valence-corrected chi connectivity index (χ0v) is 16.5. The molecular formula is C21H20N2O5S. The van der Waals surface area contributed by atoms with Crippen molar-refractivity contribution in [2.24, 2.45) is 11.8 Å². The van der Waals surface area contributed by atoms with Crippen LogP contribution in [0.1, 0.15) is 40.5 Å². The average molecular weight is 412 g/mol. The maximum absolute atomic E-state index is 12.7. The Morgan fingerprint density at radius 2 is 1.76 bits per heavy atom. The van der Waals surface area contributed by atoms with Crippen LogP contribution < -0.4 is 10.6 Å². The third kappa shape index (κ3) is 4.78. The highest BCUT2D eigenvalue weighted by Crippen LogP contribution is 2.30. The maximum Gasteiger partial charge on any atom is 0.307 e. The molecule has 2 amide bonds. The van der Waals surface area contributed by atoms with Gasteiger partial charge < -0.3 is 15.7 Å². The summed E-state index contributed by atoms with van der Waals surface area (Å²) in [5, 5.41) is 16.8. The number of carboxylic acids is 1. The molecule has 0 unspecified atom stereocenters. The molecule has 0 aliphatic heterocycles. The Hall–Kier alpha value is -3.26. The van der Waals surface area contributed by atoms with Crippen molar-refractivity contribution in [1.82, 2.24) is 0 Å². The van der Waals surface area contributed by atoms with E-state index in [1.54, 1.807) is 47.9 Å². The topological polar surface area (TPSA) is 113 Å². The minimum Gasteiger partial charge on any atom is -0.481 e. The van der Waals surface area contributed by atoms with Gasteiger partial charge in [0.1, 0.15) is 5.00 Å². The van der Waals surface area contributed by atoms with Crippen LogP contribution in [0.4, 0.5) is 10.7 Å². The fourth-order valence-corrected chi connectivity index (χ4v) is 3.97. The van der Waals surface area contributed by atoms with Crippen LogP contribution in [0.2, 0.25) is 0 Å². The van der Waals surface area contributed by atoms with Crippen LogP contribution in [-0.4, -0.2) is 28.7 Å². The van der Waals surface area contributed by atoms with Crippen LogP contribution in [0.15, 0.2) is 47.9 Å². The molecule has 8 heteroatoms. The Bertz CT molecular complexity index is 994. The Labute approximate surface area is 171 Å². The predicted octanol–water partition coefficient (Wildman–Crippen LogP) is 3.81. The summed E-state index contributed by atoms with van der Waals surface area (Å²) < 4.78 is 0. The quantitative estimate of drug-likeness (QED) is 0.493. The number of nitrogens with one attached hydrogen (secondary N) is 2. The molecule has 3 N–H and O–H groups in total. The summed E-state index contributed by atoms with van der Waals surface area (Å²) in [6.07, 6.45) is 4.21. The normalized spacial score (nSPS) is 18.1. The van der Waals surface area contributed by atoms with Crippen molar-refractivity contribution in [1.29, 1.82) is 0 Å². The van der Waals surface area contributed by atoms with Crippen molar-refractivity contribution >= 4 is 45.6 Å². The number of carbonyl (C=O) groups excluding carboxylic acids is 3. The third-order valence-corrected chi connectivity index (χ3v) is 5.59. The molecule has 0 saturated heterocycles. The molecule has 0 radical (unpaired) electrons. The van der Waals surface area contributed by atoms with Crippen molar-refractivity contribution < 1.29 is 24.3 Å². The average Bonchev–Trinajstić information content (AvgIpc) is 3.16. The highest BCUT2D eigenvalue weighted by molar-refractivity contribution is 7.14. The van der Waals surface area contributed by atoms with Crippen LogP contribution >= 0.6 is 11.3 Å². The Morgan fingerprint density at radius 3 is 2.45 bits per heavy atom. The van der Waals surface area contributed by atoms with Gasteiger partial charge in [0.15, 0.2) is 5.78 Å². The molecule has 3 rings (SSSR count).